The van der Waals surface area contributed by atoms with Crippen LogP contribution in [0.25, 0.3) is 0 Å². The smallest absolute Gasteiger partial charge is 0.244 e. The van der Waals surface area contributed by atoms with Gasteiger partial charge in [0.1, 0.15) is 12.3 Å². The highest BCUT2D eigenvalue weighted by Gasteiger charge is 2.20. The van der Waals surface area contributed by atoms with Crippen LogP contribution in [0.4, 0.5) is 11.4 Å². The lowest BCUT2D eigenvalue weighted by Gasteiger charge is -2.36. The number of para-hydroxylation sites is 1. The number of hydrogen-bond acceptors (Lipinski definition) is 6. The quantitative estimate of drug-likeness (QED) is 0.555. The number of rotatable bonds is 8. The van der Waals surface area contributed by atoms with E-state index in [-0.39, 0.29) is 23.6 Å². The van der Waals surface area contributed by atoms with E-state index in [0.717, 1.165) is 43.3 Å². The molecule has 1 aliphatic rings. The Morgan fingerprint density at radius 1 is 0.941 bits per heavy atom. The molecule has 0 spiro atoms. The molecule has 0 radical (unpaired) electrons. The number of piperazine rings is 1. The number of carbonyl (C=O) groups is 1. The summed E-state index contributed by atoms with van der Waals surface area (Å²) in [5.41, 5.74) is 2.50. The van der Waals surface area contributed by atoms with Crippen molar-refractivity contribution in [3.63, 3.8) is 0 Å². The molecule has 2 aromatic carbocycles. The first kappa shape index (κ1) is 23.4. The zero-order valence-corrected chi connectivity index (χ0v) is 19.6. The predicted molar refractivity (Wildman–Crippen MR) is 133 cm³/mol. The van der Waals surface area contributed by atoms with E-state index >= 15 is 0 Å². The van der Waals surface area contributed by atoms with E-state index in [9.17, 15) is 9.59 Å². The number of amides is 1. The van der Waals surface area contributed by atoms with Crippen LogP contribution in [0.1, 0.15) is 5.69 Å². The van der Waals surface area contributed by atoms with Crippen molar-refractivity contribution in [2.45, 2.75) is 13.1 Å². The van der Waals surface area contributed by atoms with Crippen LogP contribution in [0.3, 0.4) is 0 Å². The fourth-order valence-corrected chi connectivity index (χ4v) is 4.09. The molecule has 3 aromatic rings. The number of nitrogens with zero attached hydrogens (tertiary/aromatic N) is 3. The number of nitrogens with one attached hydrogen (secondary N) is 1. The monoisotopic (exact) mass is 462 g/mol. The standard InChI is InChI=1S/C26H30N4O4/c1-33-23-10-8-21(9-11-23)29-14-12-28(13-15-29)17-22-16-24(31)25(34-2)18-30(22)19-26(32)27-20-6-4-3-5-7-20/h3-11,16,18H,12-15,17,19H2,1-2H3,(H,27,32). The Bertz CT molecular complexity index is 1150. The summed E-state index contributed by atoms with van der Waals surface area (Å²) in [6.45, 7) is 4.12. The molecule has 4 rings (SSSR count). The second-order valence-corrected chi connectivity index (χ2v) is 8.20. The molecule has 1 saturated heterocycles. The summed E-state index contributed by atoms with van der Waals surface area (Å²) < 4.78 is 12.3. The normalized spacial score (nSPS) is 14.0. The number of carbonyl (C=O) groups excluding carboxylic acids is 1. The van der Waals surface area contributed by atoms with E-state index in [1.165, 1.54) is 12.8 Å². The number of hydrogen-bond donors (Lipinski definition) is 1. The fourth-order valence-electron chi connectivity index (χ4n) is 4.09. The van der Waals surface area contributed by atoms with E-state index in [4.69, 9.17) is 9.47 Å². The Labute approximate surface area is 199 Å². The molecule has 0 unspecified atom stereocenters. The molecule has 1 amide bonds. The fraction of sp³-hybridized carbons (Fsp3) is 0.308. The van der Waals surface area contributed by atoms with E-state index in [0.29, 0.717) is 6.54 Å². The number of pyridine rings is 1. The first-order chi connectivity index (χ1) is 16.6. The SMILES string of the molecule is COc1ccc(N2CCN(Cc3cc(=O)c(OC)cn3CC(=O)Nc3ccccc3)CC2)cc1. The van der Waals surface area contributed by atoms with Crippen molar-refractivity contribution < 1.29 is 14.3 Å². The first-order valence-corrected chi connectivity index (χ1v) is 11.3. The molecular formula is C26H30N4O4. The van der Waals surface area contributed by atoms with Crippen molar-refractivity contribution >= 4 is 17.3 Å². The highest BCUT2D eigenvalue weighted by atomic mass is 16.5. The van der Waals surface area contributed by atoms with Gasteiger partial charge in [-0.25, -0.2) is 0 Å². The van der Waals surface area contributed by atoms with Gasteiger partial charge in [-0.15, -0.1) is 0 Å². The molecule has 0 saturated carbocycles. The Morgan fingerprint density at radius 2 is 1.65 bits per heavy atom. The molecule has 8 heteroatoms. The van der Waals surface area contributed by atoms with Crippen LogP contribution in [0.15, 0.2) is 71.7 Å². The van der Waals surface area contributed by atoms with Crippen molar-refractivity contribution in [2.75, 3.05) is 50.6 Å². The lowest BCUT2D eigenvalue weighted by atomic mass is 10.2. The second-order valence-electron chi connectivity index (χ2n) is 8.20. The van der Waals surface area contributed by atoms with Crippen LogP contribution >= 0.6 is 0 Å². The first-order valence-electron chi connectivity index (χ1n) is 11.3. The number of ether oxygens (including phenoxy) is 2. The van der Waals surface area contributed by atoms with E-state index in [1.807, 2.05) is 42.5 Å². The third kappa shape index (κ3) is 5.77. The number of anilines is 2. The largest absolute Gasteiger partial charge is 0.497 e. The molecular weight excluding hydrogens is 432 g/mol. The third-order valence-corrected chi connectivity index (χ3v) is 5.97. The van der Waals surface area contributed by atoms with E-state index in [2.05, 4.69) is 27.2 Å². The summed E-state index contributed by atoms with van der Waals surface area (Å²) >= 11 is 0. The van der Waals surface area contributed by atoms with Crippen molar-refractivity contribution in [3.8, 4) is 11.5 Å². The topological polar surface area (TPSA) is 76.0 Å². The van der Waals surface area contributed by atoms with E-state index in [1.54, 1.807) is 23.9 Å². The zero-order valence-electron chi connectivity index (χ0n) is 19.6. The van der Waals surface area contributed by atoms with Gasteiger partial charge in [0.25, 0.3) is 0 Å². The number of benzene rings is 2. The highest BCUT2D eigenvalue weighted by molar-refractivity contribution is 5.90. The molecule has 0 bridgehead atoms. The maximum atomic E-state index is 12.7. The Balaban J connectivity index is 1.43. The van der Waals surface area contributed by atoms with Crippen molar-refractivity contribution in [1.82, 2.24) is 9.47 Å². The average Bonchev–Trinajstić information content (AvgIpc) is 2.86. The van der Waals surface area contributed by atoms with Crippen LogP contribution in [0.2, 0.25) is 0 Å². The van der Waals surface area contributed by atoms with Crippen molar-refractivity contribution in [1.29, 1.82) is 0 Å². The summed E-state index contributed by atoms with van der Waals surface area (Å²) in [6, 6.07) is 19.0. The zero-order chi connectivity index (χ0) is 23.9. The van der Waals surface area contributed by atoms with Gasteiger partial charge in [-0.2, -0.15) is 0 Å². The van der Waals surface area contributed by atoms with Gasteiger partial charge in [0.15, 0.2) is 5.75 Å². The summed E-state index contributed by atoms with van der Waals surface area (Å²) in [5.74, 6) is 0.902. The molecule has 0 atom stereocenters. The lowest BCUT2D eigenvalue weighted by Crippen LogP contribution is -2.46. The summed E-state index contributed by atoms with van der Waals surface area (Å²) in [5, 5.41) is 2.90. The predicted octanol–water partition coefficient (Wildman–Crippen LogP) is 2.83. The van der Waals surface area contributed by atoms with Crippen LogP contribution in [-0.4, -0.2) is 55.8 Å². The van der Waals surface area contributed by atoms with Crippen molar-refractivity contribution in [3.05, 3.63) is 82.8 Å². The van der Waals surface area contributed by atoms with Gasteiger partial charge in [0.2, 0.25) is 11.3 Å². The molecule has 1 N–H and O–H groups in total. The lowest BCUT2D eigenvalue weighted by molar-refractivity contribution is -0.116. The van der Waals surface area contributed by atoms with Crippen molar-refractivity contribution in [2.24, 2.45) is 0 Å². The minimum atomic E-state index is -0.186. The van der Waals surface area contributed by atoms with Crippen LogP contribution in [-0.2, 0) is 17.9 Å². The van der Waals surface area contributed by atoms with Gasteiger partial charge in [-0.3, -0.25) is 14.5 Å². The molecule has 1 fully saturated rings. The Morgan fingerprint density at radius 3 is 2.29 bits per heavy atom. The van der Waals surface area contributed by atoms with Gasteiger partial charge >= 0.3 is 0 Å². The summed E-state index contributed by atoms with van der Waals surface area (Å²) in [6.07, 6.45) is 1.62. The van der Waals surface area contributed by atoms with Crippen LogP contribution in [0.5, 0.6) is 11.5 Å². The molecule has 1 aliphatic heterocycles. The van der Waals surface area contributed by atoms with Gasteiger partial charge < -0.3 is 24.3 Å². The minimum Gasteiger partial charge on any atom is -0.497 e. The molecule has 0 aliphatic carbocycles. The maximum Gasteiger partial charge on any atom is 0.244 e. The highest BCUT2D eigenvalue weighted by Crippen LogP contribution is 2.21. The molecule has 178 valence electrons. The Kier molecular flexibility index (Phi) is 7.49. The number of aromatic nitrogens is 1. The average molecular weight is 463 g/mol. The van der Waals surface area contributed by atoms with E-state index < -0.39 is 0 Å². The molecule has 8 nitrogen and oxygen atoms in total. The molecule has 2 heterocycles. The maximum absolute atomic E-state index is 12.7. The third-order valence-electron chi connectivity index (χ3n) is 5.97. The molecule has 1 aromatic heterocycles. The van der Waals surface area contributed by atoms with Gasteiger partial charge in [-0.05, 0) is 36.4 Å². The van der Waals surface area contributed by atoms with Crippen LogP contribution in [0, 0.1) is 0 Å². The second kappa shape index (κ2) is 10.9. The van der Waals surface area contributed by atoms with Crippen LogP contribution < -0.4 is 25.1 Å². The van der Waals surface area contributed by atoms with Gasteiger partial charge in [0.05, 0.1) is 20.4 Å². The van der Waals surface area contributed by atoms with Gasteiger partial charge in [-0.1, -0.05) is 18.2 Å². The summed E-state index contributed by atoms with van der Waals surface area (Å²) in [7, 11) is 3.13. The molecule has 34 heavy (non-hydrogen) atoms. The Hall–Kier alpha value is -3.78. The number of methoxy groups -OCH3 is 2. The van der Waals surface area contributed by atoms with Gasteiger partial charge in [0, 0.05) is 55.9 Å². The summed E-state index contributed by atoms with van der Waals surface area (Å²) in [4.78, 5) is 29.8. The minimum absolute atomic E-state index is 0.0900.